The van der Waals surface area contributed by atoms with E-state index in [0.29, 0.717) is 6.54 Å². The smallest absolute Gasteiger partial charge is 0.206 e. The summed E-state index contributed by atoms with van der Waals surface area (Å²) in [5.74, 6) is 0.785. The topological polar surface area (TPSA) is 63.8 Å². The van der Waals surface area contributed by atoms with Gasteiger partial charge in [0.1, 0.15) is 5.01 Å². The standard InChI is InChI=1S/C7H8N4OS/c1-5-10-11-7(13-5)8-4-6-2-3-9-12-6/h2-3H,4H2,1H3,(H,8,11). The van der Waals surface area contributed by atoms with E-state index in [0.717, 1.165) is 15.9 Å². The van der Waals surface area contributed by atoms with Crippen LogP contribution in [0.4, 0.5) is 5.13 Å². The zero-order valence-electron chi connectivity index (χ0n) is 7.02. The molecule has 0 atom stereocenters. The van der Waals surface area contributed by atoms with Crippen LogP contribution in [0.25, 0.3) is 0 Å². The molecule has 0 radical (unpaired) electrons. The van der Waals surface area contributed by atoms with Gasteiger partial charge < -0.3 is 9.84 Å². The molecule has 0 unspecified atom stereocenters. The van der Waals surface area contributed by atoms with Gasteiger partial charge in [0.05, 0.1) is 12.7 Å². The van der Waals surface area contributed by atoms with Crippen LogP contribution in [-0.2, 0) is 6.54 Å². The summed E-state index contributed by atoms with van der Waals surface area (Å²) in [6.45, 7) is 2.51. The maximum Gasteiger partial charge on any atom is 0.206 e. The Bertz CT molecular complexity index is 370. The summed E-state index contributed by atoms with van der Waals surface area (Å²) in [6, 6.07) is 1.81. The number of aryl methyl sites for hydroxylation is 1. The van der Waals surface area contributed by atoms with Gasteiger partial charge >= 0.3 is 0 Å². The van der Waals surface area contributed by atoms with E-state index in [9.17, 15) is 0 Å². The van der Waals surface area contributed by atoms with Crippen LogP contribution in [0.5, 0.6) is 0 Å². The highest BCUT2D eigenvalue weighted by Crippen LogP contribution is 2.14. The molecule has 0 spiro atoms. The molecule has 0 saturated heterocycles. The first-order valence-electron chi connectivity index (χ1n) is 3.78. The minimum Gasteiger partial charge on any atom is -0.360 e. The molecule has 5 nitrogen and oxygen atoms in total. The summed E-state index contributed by atoms with van der Waals surface area (Å²) in [5, 5.41) is 16.2. The minimum absolute atomic E-state index is 0.592. The van der Waals surface area contributed by atoms with Gasteiger partial charge in [-0.2, -0.15) is 0 Å². The Morgan fingerprint density at radius 2 is 2.46 bits per heavy atom. The molecule has 6 heteroatoms. The molecule has 0 saturated carbocycles. The van der Waals surface area contributed by atoms with E-state index < -0.39 is 0 Å². The number of rotatable bonds is 3. The highest BCUT2D eigenvalue weighted by molar-refractivity contribution is 7.15. The molecule has 2 rings (SSSR count). The van der Waals surface area contributed by atoms with E-state index in [1.807, 2.05) is 6.92 Å². The van der Waals surface area contributed by atoms with Crippen LogP contribution in [0, 0.1) is 6.92 Å². The van der Waals surface area contributed by atoms with Crippen molar-refractivity contribution < 1.29 is 4.52 Å². The van der Waals surface area contributed by atoms with Gasteiger partial charge in [-0.3, -0.25) is 0 Å². The van der Waals surface area contributed by atoms with E-state index in [1.165, 1.54) is 11.3 Å². The van der Waals surface area contributed by atoms with Gasteiger partial charge in [-0.15, -0.1) is 10.2 Å². The maximum atomic E-state index is 4.91. The van der Waals surface area contributed by atoms with E-state index in [-0.39, 0.29) is 0 Å². The summed E-state index contributed by atoms with van der Waals surface area (Å²) in [6.07, 6.45) is 1.61. The predicted molar refractivity (Wildman–Crippen MR) is 48.5 cm³/mol. The third-order valence-corrected chi connectivity index (χ3v) is 2.23. The van der Waals surface area contributed by atoms with Gasteiger partial charge in [0.15, 0.2) is 5.76 Å². The molecule has 68 valence electrons. The normalized spacial score (nSPS) is 10.2. The van der Waals surface area contributed by atoms with Crippen LogP contribution >= 0.6 is 11.3 Å². The monoisotopic (exact) mass is 196 g/mol. The molecular weight excluding hydrogens is 188 g/mol. The molecule has 13 heavy (non-hydrogen) atoms. The molecule has 2 aromatic rings. The van der Waals surface area contributed by atoms with Gasteiger partial charge in [-0.1, -0.05) is 16.5 Å². The van der Waals surface area contributed by atoms with Crippen LogP contribution in [0.3, 0.4) is 0 Å². The number of aromatic nitrogens is 3. The van der Waals surface area contributed by atoms with Crippen molar-refractivity contribution in [2.75, 3.05) is 5.32 Å². The second-order valence-corrected chi connectivity index (χ2v) is 3.64. The lowest BCUT2D eigenvalue weighted by Gasteiger charge is -1.95. The van der Waals surface area contributed by atoms with Gasteiger partial charge in [-0.25, -0.2) is 0 Å². The molecule has 2 aromatic heterocycles. The molecule has 0 aliphatic rings. The first-order chi connectivity index (χ1) is 6.34. The average Bonchev–Trinajstić information content (AvgIpc) is 2.71. The summed E-state index contributed by atoms with van der Waals surface area (Å²) < 4.78 is 4.91. The van der Waals surface area contributed by atoms with Crippen molar-refractivity contribution in [1.29, 1.82) is 0 Å². The Morgan fingerprint density at radius 1 is 1.54 bits per heavy atom. The van der Waals surface area contributed by atoms with Crippen molar-refractivity contribution >= 4 is 16.5 Å². The highest BCUT2D eigenvalue weighted by atomic mass is 32.1. The van der Waals surface area contributed by atoms with Gasteiger partial charge in [0.25, 0.3) is 0 Å². The predicted octanol–water partition coefficient (Wildman–Crippen LogP) is 1.45. The number of hydrogen-bond acceptors (Lipinski definition) is 6. The van der Waals surface area contributed by atoms with E-state index >= 15 is 0 Å². The van der Waals surface area contributed by atoms with Crippen molar-refractivity contribution in [3.63, 3.8) is 0 Å². The van der Waals surface area contributed by atoms with Crippen molar-refractivity contribution in [1.82, 2.24) is 15.4 Å². The maximum absolute atomic E-state index is 4.91. The summed E-state index contributed by atoms with van der Waals surface area (Å²) in [7, 11) is 0. The number of hydrogen-bond donors (Lipinski definition) is 1. The average molecular weight is 196 g/mol. The highest BCUT2D eigenvalue weighted by Gasteiger charge is 2.00. The van der Waals surface area contributed by atoms with Gasteiger partial charge in [0, 0.05) is 6.07 Å². The second kappa shape index (κ2) is 3.53. The van der Waals surface area contributed by atoms with Crippen molar-refractivity contribution in [2.45, 2.75) is 13.5 Å². The third kappa shape index (κ3) is 2.03. The van der Waals surface area contributed by atoms with Crippen LogP contribution in [-0.4, -0.2) is 15.4 Å². The van der Waals surface area contributed by atoms with Crippen LogP contribution < -0.4 is 5.32 Å². The number of anilines is 1. The first kappa shape index (κ1) is 8.18. The Morgan fingerprint density at radius 3 is 3.08 bits per heavy atom. The molecule has 0 amide bonds. The van der Waals surface area contributed by atoms with Crippen LogP contribution in [0.1, 0.15) is 10.8 Å². The molecule has 1 N–H and O–H groups in total. The number of nitrogens with zero attached hydrogens (tertiary/aromatic N) is 3. The second-order valence-electron chi connectivity index (χ2n) is 2.46. The SMILES string of the molecule is Cc1nnc(NCc2ccno2)s1. The Hall–Kier alpha value is -1.43. The molecule has 2 heterocycles. The van der Waals surface area contributed by atoms with E-state index in [1.54, 1.807) is 12.3 Å². The molecule has 0 bridgehead atoms. The Kier molecular flexibility index (Phi) is 2.22. The molecule has 0 aromatic carbocycles. The first-order valence-corrected chi connectivity index (χ1v) is 4.60. The van der Waals surface area contributed by atoms with Crippen molar-refractivity contribution in [2.24, 2.45) is 0 Å². The van der Waals surface area contributed by atoms with E-state index in [4.69, 9.17) is 4.52 Å². The van der Waals surface area contributed by atoms with Crippen molar-refractivity contribution in [3.05, 3.63) is 23.0 Å². The molecular formula is C7H8N4OS. The third-order valence-electron chi connectivity index (χ3n) is 1.43. The fraction of sp³-hybridized carbons (Fsp3) is 0.286. The lowest BCUT2D eigenvalue weighted by atomic mass is 10.5. The number of nitrogens with one attached hydrogen (secondary N) is 1. The van der Waals surface area contributed by atoms with Crippen LogP contribution in [0.15, 0.2) is 16.8 Å². The zero-order valence-corrected chi connectivity index (χ0v) is 7.84. The summed E-state index contributed by atoms with van der Waals surface area (Å²) in [4.78, 5) is 0. The zero-order chi connectivity index (χ0) is 9.10. The van der Waals surface area contributed by atoms with Gasteiger partial charge in [0.2, 0.25) is 5.13 Å². The van der Waals surface area contributed by atoms with Crippen molar-refractivity contribution in [3.8, 4) is 0 Å². The lowest BCUT2D eigenvalue weighted by molar-refractivity contribution is 0.388. The fourth-order valence-corrected chi connectivity index (χ4v) is 1.45. The minimum atomic E-state index is 0.592. The summed E-state index contributed by atoms with van der Waals surface area (Å²) >= 11 is 1.51. The molecule has 0 fully saturated rings. The quantitative estimate of drug-likeness (QED) is 0.804. The largest absolute Gasteiger partial charge is 0.360 e. The lowest BCUT2D eigenvalue weighted by Crippen LogP contribution is -1.97. The summed E-state index contributed by atoms with van der Waals surface area (Å²) in [5.41, 5.74) is 0. The Labute approximate surface area is 78.8 Å². The van der Waals surface area contributed by atoms with Gasteiger partial charge in [-0.05, 0) is 6.92 Å². The Balaban J connectivity index is 1.93. The van der Waals surface area contributed by atoms with E-state index in [2.05, 4.69) is 20.7 Å². The fourth-order valence-electron chi connectivity index (χ4n) is 0.864. The van der Waals surface area contributed by atoms with Crippen LogP contribution in [0.2, 0.25) is 0 Å². The molecule has 0 aliphatic carbocycles. The molecule has 0 aliphatic heterocycles.